The Morgan fingerprint density at radius 3 is 2.89 bits per heavy atom. The van der Waals surface area contributed by atoms with E-state index in [1.54, 1.807) is 6.07 Å². The third kappa shape index (κ3) is 4.01. The molecule has 1 saturated heterocycles. The summed E-state index contributed by atoms with van der Waals surface area (Å²) in [4.78, 5) is 2.23. The molecule has 2 rings (SSSR count). The zero-order chi connectivity index (χ0) is 13.8. The smallest absolute Gasteiger partial charge is 0.129 e. The van der Waals surface area contributed by atoms with E-state index in [1.165, 1.54) is 19.3 Å². The van der Waals surface area contributed by atoms with E-state index in [-0.39, 0.29) is 11.9 Å². The molecule has 0 bridgehead atoms. The zero-order valence-electron chi connectivity index (χ0n) is 11.6. The van der Waals surface area contributed by atoms with Crippen LogP contribution in [0, 0.1) is 5.82 Å². The van der Waals surface area contributed by atoms with Gasteiger partial charge in [-0.05, 0) is 45.5 Å². The standard InChI is InChI=1S/C15H22BrFN2/c1-11(14-7-6-12(16)9-15(14)17)19(2)10-13-5-3-4-8-18-13/h6-7,9,11,13,18H,3-5,8,10H2,1-2H3. The number of rotatable bonds is 4. The van der Waals surface area contributed by atoms with Crippen molar-refractivity contribution in [3.8, 4) is 0 Å². The lowest BCUT2D eigenvalue weighted by molar-refractivity contribution is 0.211. The molecule has 0 amide bonds. The van der Waals surface area contributed by atoms with Crippen molar-refractivity contribution < 1.29 is 4.39 Å². The fourth-order valence-electron chi connectivity index (χ4n) is 2.66. The molecule has 1 N–H and O–H groups in total. The normalized spacial score (nSPS) is 21.6. The van der Waals surface area contributed by atoms with Crippen LogP contribution in [0.1, 0.15) is 37.8 Å². The van der Waals surface area contributed by atoms with Crippen LogP contribution in [-0.2, 0) is 0 Å². The van der Waals surface area contributed by atoms with Crippen molar-refractivity contribution in [1.82, 2.24) is 10.2 Å². The predicted octanol–water partition coefficient (Wildman–Crippen LogP) is 3.72. The maximum Gasteiger partial charge on any atom is 0.129 e. The van der Waals surface area contributed by atoms with Crippen LogP contribution in [-0.4, -0.2) is 31.1 Å². The average molecular weight is 329 g/mol. The number of hydrogen-bond donors (Lipinski definition) is 1. The largest absolute Gasteiger partial charge is 0.313 e. The summed E-state index contributed by atoms with van der Waals surface area (Å²) in [6, 6.07) is 5.95. The van der Waals surface area contributed by atoms with Crippen LogP contribution in [0.5, 0.6) is 0 Å². The average Bonchev–Trinajstić information content (AvgIpc) is 2.39. The van der Waals surface area contributed by atoms with Gasteiger partial charge in [0.25, 0.3) is 0 Å². The van der Waals surface area contributed by atoms with E-state index in [0.29, 0.717) is 6.04 Å². The van der Waals surface area contributed by atoms with E-state index in [0.717, 1.165) is 23.1 Å². The summed E-state index contributed by atoms with van der Waals surface area (Å²) in [7, 11) is 2.07. The third-order valence-electron chi connectivity index (χ3n) is 3.99. The van der Waals surface area contributed by atoms with Crippen molar-refractivity contribution in [2.75, 3.05) is 20.1 Å². The molecule has 1 heterocycles. The van der Waals surface area contributed by atoms with Crippen molar-refractivity contribution in [2.24, 2.45) is 0 Å². The summed E-state index contributed by atoms with van der Waals surface area (Å²) >= 11 is 3.30. The molecule has 0 radical (unpaired) electrons. The molecule has 4 heteroatoms. The molecule has 1 aromatic carbocycles. The molecule has 0 aromatic heterocycles. The van der Waals surface area contributed by atoms with E-state index >= 15 is 0 Å². The van der Waals surface area contributed by atoms with Gasteiger partial charge in [0.15, 0.2) is 0 Å². The van der Waals surface area contributed by atoms with Crippen LogP contribution < -0.4 is 5.32 Å². The summed E-state index contributed by atoms with van der Waals surface area (Å²) < 4.78 is 14.8. The Hall–Kier alpha value is -0.450. The Morgan fingerprint density at radius 1 is 1.47 bits per heavy atom. The molecule has 106 valence electrons. The maximum atomic E-state index is 14.0. The van der Waals surface area contributed by atoms with E-state index in [9.17, 15) is 4.39 Å². The minimum Gasteiger partial charge on any atom is -0.313 e. The van der Waals surface area contributed by atoms with Crippen molar-refractivity contribution in [2.45, 2.75) is 38.3 Å². The second-order valence-corrected chi connectivity index (χ2v) is 6.34. The third-order valence-corrected chi connectivity index (χ3v) is 4.49. The van der Waals surface area contributed by atoms with Gasteiger partial charge in [0.05, 0.1) is 0 Å². The number of nitrogens with zero attached hydrogens (tertiary/aromatic N) is 1. The predicted molar refractivity (Wildman–Crippen MR) is 80.8 cm³/mol. The van der Waals surface area contributed by atoms with Gasteiger partial charge in [-0.3, -0.25) is 4.90 Å². The maximum absolute atomic E-state index is 14.0. The quantitative estimate of drug-likeness (QED) is 0.906. The van der Waals surface area contributed by atoms with Gasteiger partial charge in [-0.25, -0.2) is 4.39 Å². The van der Waals surface area contributed by atoms with Gasteiger partial charge >= 0.3 is 0 Å². The van der Waals surface area contributed by atoms with Crippen LogP contribution in [0.2, 0.25) is 0 Å². The summed E-state index contributed by atoms with van der Waals surface area (Å²) in [5.74, 6) is -0.134. The van der Waals surface area contributed by atoms with E-state index in [2.05, 4.69) is 40.1 Å². The Morgan fingerprint density at radius 2 is 2.26 bits per heavy atom. The highest BCUT2D eigenvalue weighted by atomic mass is 79.9. The molecule has 2 atom stereocenters. The molecule has 0 spiro atoms. The minimum atomic E-state index is -0.134. The number of benzene rings is 1. The van der Waals surface area contributed by atoms with Gasteiger partial charge in [-0.1, -0.05) is 28.4 Å². The Labute approximate surface area is 123 Å². The second kappa shape index (κ2) is 6.82. The van der Waals surface area contributed by atoms with Crippen molar-refractivity contribution in [3.63, 3.8) is 0 Å². The topological polar surface area (TPSA) is 15.3 Å². The highest BCUT2D eigenvalue weighted by Gasteiger charge is 2.20. The lowest BCUT2D eigenvalue weighted by Gasteiger charge is -2.32. The Balaban J connectivity index is 1.99. The summed E-state index contributed by atoms with van der Waals surface area (Å²) in [6.45, 7) is 4.14. The molecular formula is C15H22BrFN2. The molecule has 1 aliphatic heterocycles. The van der Waals surface area contributed by atoms with E-state index in [1.807, 2.05) is 12.1 Å². The van der Waals surface area contributed by atoms with Gasteiger partial charge in [0.1, 0.15) is 5.82 Å². The first-order valence-electron chi connectivity index (χ1n) is 6.96. The number of halogens is 2. The number of hydrogen-bond acceptors (Lipinski definition) is 2. The Bertz CT molecular complexity index is 419. The van der Waals surface area contributed by atoms with Gasteiger partial charge in [0, 0.05) is 28.7 Å². The number of likely N-dealkylation sites (N-methyl/N-ethyl adjacent to an activating group) is 1. The molecule has 19 heavy (non-hydrogen) atoms. The zero-order valence-corrected chi connectivity index (χ0v) is 13.2. The van der Waals surface area contributed by atoms with Gasteiger partial charge in [-0.2, -0.15) is 0 Å². The number of piperidine rings is 1. The molecule has 1 fully saturated rings. The first-order chi connectivity index (χ1) is 9.08. The van der Waals surface area contributed by atoms with Gasteiger partial charge in [0.2, 0.25) is 0 Å². The molecular weight excluding hydrogens is 307 g/mol. The van der Waals surface area contributed by atoms with Crippen LogP contribution >= 0.6 is 15.9 Å². The molecule has 2 unspecified atom stereocenters. The van der Waals surface area contributed by atoms with Gasteiger partial charge in [-0.15, -0.1) is 0 Å². The van der Waals surface area contributed by atoms with Crippen LogP contribution in [0.4, 0.5) is 4.39 Å². The summed E-state index contributed by atoms with van der Waals surface area (Å²) in [5.41, 5.74) is 0.765. The summed E-state index contributed by atoms with van der Waals surface area (Å²) in [5, 5.41) is 3.54. The highest BCUT2D eigenvalue weighted by Crippen LogP contribution is 2.25. The van der Waals surface area contributed by atoms with E-state index < -0.39 is 0 Å². The first-order valence-corrected chi connectivity index (χ1v) is 7.76. The Kier molecular flexibility index (Phi) is 5.37. The van der Waals surface area contributed by atoms with Crippen molar-refractivity contribution in [3.05, 3.63) is 34.1 Å². The molecule has 2 nitrogen and oxygen atoms in total. The summed E-state index contributed by atoms with van der Waals surface area (Å²) in [6.07, 6.45) is 3.80. The van der Waals surface area contributed by atoms with Gasteiger partial charge < -0.3 is 5.32 Å². The van der Waals surface area contributed by atoms with Crippen molar-refractivity contribution in [1.29, 1.82) is 0 Å². The molecule has 1 aliphatic rings. The van der Waals surface area contributed by atoms with Crippen LogP contribution in [0.25, 0.3) is 0 Å². The van der Waals surface area contributed by atoms with E-state index in [4.69, 9.17) is 0 Å². The second-order valence-electron chi connectivity index (χ2n) is 5.43. The SMILES string of the molecule is CC(c1ccc(Br)cc1F)N(C)CC1CCCCN1. The highest BCUT2D eigenvalue weighted by molar-refractivity contribution is 9.10. The lowest BCUT2D eigenvalue weighted by Crippen LogP contribution is -2.43. The fourth-order valence-corrected chi connectivity index (χ4v) is 3.00. The lowest BCUT2D eigenvalue weighted by atomic mass is 10.0. The van der Waals surface area contributed by atoms with Crippen LogP contribution in [0.3, 0.4) is 0 Å². The van der Waals surface area contributed by atoms with Crippen molar-refractivity contribution >= 4 is 15.9 Å². The van der Waals surface area contributed by atoms with Crippen LogP contribution in [0.15, 0.2) is 22.7 Å². The molecule has 0 aliphatic carbocycles. The molecule has 0 saturated carbocycles. The first kappa shape index (κ1) is 14.9. The molecule has 1 aromatic rings. The number of nitrogens with one attached hydrogen (secondary N) is 1. The minimum absolute atomic E-state index is 0.0943. The fraction of sp³-hybridized carbons (Fsp3) is 0.600. The monoisotopic (exact) mass is 328 g/mol.